The summed E-state index contributed by atoms with van der Waals surface area (Å²) < 4.78 is 46.0. The average molecular weight is 573 g/mol. The van der Waals surface area contributed by atoms with Gasteiger partial charge in [-0.2, -0.15) is 13.2 Å². The third kappa shape index (κ3) is 5.69. The molecule has 3 aromatic rings. The van der Waals surface area contributed by atoms with Gasteiger partial charge in [0.1, 0.15) is 4.88 Å². The first kappa shape index (κ1) is 28.4. The van der Waals surface area contributed by atoms with Crippen LogP contribution in [0.15, 0.2) is 48.5 Å². The van der Waals surface area contributed by atoms with Gasteiger partial charge in [0.15, 0.2) is 10.8 Å². The van der Waals surface area contributed by atoms with Crippen molar-refractivity contribution in [2.75, 3.05) is 43.0 Å². The second kappa shape index (κ2) is 10.7. The molecule has 2 aliphatic rings. The summed E-state index contributed by atoms with van der Waals surface area (Å²) in [5, 5.41) is 3.07. The normalized spacial score (nSPS) is 17.2. The molecule has 0 saturated carbocycles. The molecule has 0 radical (unpaired) electrons. The Labute approximate surface area is 237 Å². The van der Waals surface area contributed by atoms with E-state index in [1.807, 2.05) is 30.3 Å². The van der Waals surface area contributed by atoms with Gasteiger partial charge in [-0.05, 0) is 62.0 Å². The maximum absolute atomic E-state index is 13.7. The van der Waals surface area contributed by atoms with E-state index in [-0.39, 0.29) is 22.6 Å². The molecule has 2 aromatic carbocycles. The highest BCUT2D eigenvalue weighted by Gasteiger charge is 2.45. The number of carbonyl (C=O) groups is 1. The first-order valence-electron chi connectivity index (χ1n) is 13.6. The van der Waals surface area contributed by atoms with Crippen LogP contribution in [0.2, 0.25) is 0 Å². The predicted molar refractivity (Wildman–Crippen MR) is 153 cm³/mol. The monoisotopic (exact) mass is 572 g/mol. The van der Waals surface area contributed by atoms with E-state index in [2.05, 4.69) is 59.1 Å². The van der Waals surface area contributed by atoms with Crippen LogP contribution in [0.1, 0.15) is 61.5 Å². The van der Waals surface area contributed by atoms with Crippen molar-refractivity contribution < 1.29 is 22.7 Å². The van der Waals surface area contributed by atoms with Gasteiger partial charge in [0.05, 0.1) is 18.0 Å². The number of halogens is 3. The number of thiazole rings is 1. The number of nitrogens with zero attached hydrogens (tertiary/aromatic N) is 3. The molecule has 2 aliphatic heterocycles. The first-order valence-corrected chi connectivity index (χ1v) is 14.4. The minimum Gasteiger partial charge on any atom is -0.462 e. The maximum Gasteiger partial charge on any atom is 0.435 e. The van der Waals surface area contributed by atoms with Gasteiger partial charge in [-0.25, -0.2) is 9.78 Å². The summed E-state index contributed by atoms with van der Waals surface area (Å²) in [7, 11) is 0. The van der Waals surface area contributed by atoms with Gasteiger partial charge in [-0.15, -0.1) is 0 Å². The van der Waals surface area contributed by atoms with Crippen molar-refractivity contribution in [1.29, 1.82) is 0 Å². The van der Waals surface area contributed by atoms with Crippen LogP contribution in [0.4, 0.5) is 35.4 Å². The van der Waals surface area contributed by atoms with Crippen molar-refractivity contribution in [3.63, 3.8) is 0 Å². The Morgan fingerprint density at radius 1 is 1.05 bits per heavy atom. The van der Waals surface area contributed by atoms with Gasteiger partial charge in [0.2, 0.25) is 0 Å². The zero-order valence-corrected chi connectivity index (χ0v) is 24.1. The van der Waals surface area contributed by atoms with Crippen LogP contribution in [-0.2, 0) is 16.3 Å². The number of piperidine rings is 1. The molecule has 3 heterocycles. The standard InChI is InChI=1S/C30H35F3N4O2S/c1-5-39-26(38)24-25(30(31,32)33)35-27(40-24)34-21-11-7-9-13-23(21)37-19-29(20-10-6-8-12-22(20)37)14-16-36(17-15-29)18-28(2,3)4/h6-13H,5,14-19H2,1-4H3,(H,34,35). The molecule has 0 atom stereocenters. The maximum atomic E-state index is 13.7. The van der Waals surface area contributed by atoms with Crippen molar-refractivity contribution >= 4 is 39.5 Å². The highest BCUT2D eigenvalue weighted by Crippen LogP contribution is 2.51. The van der Waals surface area contributed by atoms with E-state index in [9.17, 15) is 18.0 Å². The molecular weight excluding hydrogens is 537 g/mol. The number of likely N-dealkylation sites (tertiary alicyclic amines) is 1. The fourth-order valence-electron chi connectivity index (χ4n) is 5.91. The molecule has 1 saturated heterocycles. The molecule has 0 aliphatic carbocycles. The lowest BCUT2D eigenvalue weighted by Crippen LogP contribution is -2.46. The Balaban J connectivity index is 1.45. The Morgan fingerprint density at radius 2 is 1.70 bits per heavy atom. The van der Waals surface area contributed by atoms with Gasteiger partial charge in [0.25, 0.3) is 0 Å². The lowest BCUT2D eigenvalue weighted by Gasteiger charge is -2.42. The predicted octanol–water partition coefficient (Wildman–Crippen LogP) is 7.61. The number of benzene rings is 2. The Bertz CT molecular complexity index is 1370. The number of fused-ring (bicyclic) bond motifs is 2. The van der Waals surface area contributed by atoms with Gasteiger partial charge in [0, 0.05) is 24.2 Å². The van der Waals surface area contributed by atoms with Gasteiger partial charge in [-0.3, -0.25) is 0 Å². The number of rotatable bonds is 6. The van der Waals surface area contributed by atoms with Crippen LogP contribution < -0.4 is 10.2 Å². The number of ether oxygens (including phenoxy) is 1. The minimum absolute atomic E-state index is 0.000193. The van der Waals surface area contributed by atoms with Crippen molar-refractivity contribution in [3.8, 4) is 0 Å². The highest BCUT2D eigenvalue weighted by atomic mass is 32.1. The molecule has 1 N–H and O–H groups in total. The number of hydrogen-bond acceptors (Lipinski definition) is 7. The number of nitrogens with one attached hydrogen (secondary N) is 1. The SMILES string of the molecule is CCOC(=O)c1sc(Nc2ccccc2N2CC3(CCN(CC(C)(C)C)CC3)c3ccccc32)nc1C(F)(F)F. The molecule has 0 unspecified atom stereocenters. The third-order valence-corrected chi connectivity index (χ3v) is 8.48. The molecule has 1 fully saturated rings. The van der Waals surface area contributed by atoms with E-state index in [1.54, 1.807) is 6.92 Å². The van der Waals surface area contributed by atoms with Crippen molar-refractivity contribution in [1.82, 2.24) is 9.88 Å². The van der Waals surface area contributed by atoms with Crippen LogP contribution in [0.5, 0.6) is 0 Å². The molecule has 0 amide bonds. The van der Waals surface area contributed by atoms with Crippen molar-refractivity contribution in [2.24, 2.45) is 5.41 Å². The lowest BCUT2D eigenvalue weighted by atomic mass is 9.74. The Kier molecular flexibility index (Phi) is 7.60. The molecule has 6 nitrogen and oxygen atoms in total. The van der Waals surface area contributed by atoms with E-state index in [1.165, 1.54) is 5.56 Å². The number of para-hydroxylation sites is 3. The smallest absolute Gasteiger partial charge is 0.435 e. The van der Waals surface area contributed by atoms with Crippen LogP contribution in [-0.4, -0.2) is 48.6 Å². The summed E-state index contributed by atoms with van der Waals surface area (Å²) in [4.78, 5) is 20.3. The number of esters is 1. The van der Waals surface area contributed by atoms with Crippen molar-refractivity contribution in [3.05, 3.63) is 64.7 Å². The summed E-state index contributed by atoms with van der Waals surface area (Å²) in [5.41, 5.74) is 2.91. The first-order chi connectivity index (χ1) is 18.9. The van der Waals surface area contributed by atoms with E-state index in [0.29, 0.717) is 17.0 Å². The number of carbonyl (C=O) groups excluding carboxylic acids is 1. The van der Waals surface area contributed by atoms with E-state index in [0.717, 1.165) is 50.4 Å². The molecule has 0 bridgehead atoms. The third-order valence-electron chi connectivity index (χ3n) is 7.53. The van der Waals surface area contributed by atoms with Crippen molar-refractivity contribution in [2.45, 2.75) is 52.1 Å². The zero-order valence-electron chi connectivity index (χ0n) is 23.3. The lowest BCUT2D eigenvalue weighted by molar-refractivity contribution is -0.141. The number of aromatic nitrogens is 1. The molecule has 5 rings (SSSR count). The quantitative estimate of drug-likeness (QED) is 0.307. The van der Waals surface area contributed by atoms with Crippen LogP contribution >= 0.6 is 11.3 Å². The number of anilines is 4. The topological polar surface area (TPSA) is 57.7 Å². The summed E-state index contributed by atoms with van der Waals surface area (Å²) >= 11 is 0.651. The molecule has 40 heavy (non-hydrogen) atoms. The Hall–Kier alpha value is -3.11. The minimum atomic E-state index is -4.78. The fraction of sp³-hybridized carbons (Fsp3) is 0.467. The second-order valence-electron chi connectivity index (χ2n) is 11.8. The summed E-state index contributed by atoms with van der Waals surface area (Å²) in [5.74, 6) is -1.03. The Morgan fingerprint density at radius 3 is 2.35 bits per heavy atom. The number of hydrogen-bond donors (Lipinski definition) is 1. The second-order valence-corrected chi connectivity index (χ2v) is 12.8. The van der Waals surface area contributed by atoms with Gasteiger partial charge in [-0.1, -0.05) is 62.4 Å². The van der Waals surface area contributed by atoms with Gasteiger partial charge < -0.3 is 19.9 Å². The number of alkyl halides is 3. The summed E-state index contributed by atoms with van der Waals surface area (Å²) in [6.07, 6.45) is -2.70. The van der Waals surface area contributed by atoms with E-state index in [4.69, 9.17) is 4.74 Å². The summed E-state index contributed by atoms with van der Waals surface area (Å²) in [6, 6.07) is 16.0. The molecule has 1 aromatic heterocycles. The molecular formula is C30H35F3N4O2S. The molecule has 214 valence electrons. The van der Waals surface area contributed by atoms with E-state index >= 15 is 0 Å². The van der Waals surface area contributed by atoms with Crippen LogP contribution in [0, 0.1) is 5.41 Å². The average Bonchev–Trinajstić information content (AvgIpc) is 3.46. The fourth-order valence-corrected chi connectivity index (χ4v) is 6.81. The molecule has 1 spiro atoms. The summed E-state index contributed by atoms with van der Waals surface area (Å²) in [6.45, 7) is 12.2. The largest absolute Gasteiger partial charge is 0.462 e. The van der Waals surface area contributed by atoms with Crippen LogP contribution in [0.3, 0.4) is 0 Å². The van der Waals surface area contributed by atoms with Crippen LogP contribution in [0.25, 0.3) is 0 Å². The zero-order chi connectivity index (χ0) is 28.7. The van der Waals surface area contributed by atoms with E-state index < -0.39 is 22.7 Å². The van der Waals surface area contributed by atoms with Gasteiger partial charge >= 0.3 is 12.1 Å². The molecule has 10 heteroatoms. The highest BCUT2D eigenvalue weighted by molar-refractivity contribution is 7.17.